The fourth-order valence-electron chi connectivity index (χ4n) is 1.50. The number of hydrogen-bond donors (Lipinski definition) is 1. The summed E-state index contributed by atoms with van der Waals surface area (Å²) in [6.07, 6.45) is 4.37. The second-order valence-corrected chi connectivity index (χ2v) is 4.00. The Morgan fingerprint density at radius 2 is 2.10 bits per heavy atom. The number of hydrogen-bond acceptors (Lipinski definition) is 4. The summed E-state index contributed by atoms with van der Waals surface area (Å²) >= 11 is 0. The quantitative estimate of drug-likeness (QED) is 0.489. The molecule has 5 heteroatoms. The molecule has 1 N–H and O–H groups in total. The number of anilines is 1. The molecule has 0 spiro atoms. The average Bonchev–Trinajstić information content (AvgIpc) is 2.45. The lowest BCUT2D eigenvalue weighted by Crippen LogP contribution is -2.29. The molecule has 0 fully saturated rings. The number of rotatable bonds is 6. The van der Waals surface area contributed by atoms with Crippen LogP contribution in [-0.4, -0.2) is 24.8 Å². The molecule has 1 aromatic carbocycles. The van der Waals surface area contributed by atoms with E-state index in [9.17, 15) is 14.4 Å². The Labute approximate surface area is 117 Å². The molecule has 0 aliphatic heterocycles. The van der Waals surface area contributed by atoms with Crippen LogP contribution in [0.3, 0.4) is 0 Å². The summed E-state index contributed by atoms with van der Waals surface area (Å²) in [7, 11) is 0. The third kappa shape index (κ3) is 4.35. The first-order valence-electron chi connectivity index (χ1n) is 6.21. The molecule has 1 radical (unpaired) electrons. The van der Waals surface area contributed by atoms with Gasteiger partial charge in [-0.1, -0.05) is 18.2 Å². The van der Waals surface area contributed by atoms with Crippen LogP contribution in [0, 0.1) is 5.92 Å². The fraction of sp³-hybridized carbons (Fsp3) is 0.267. The van der Waals surface area contributed by atoms with Crippen molar-refractivity contribution in [3.05, 3.63) is 35.9 Å². The first-order valence-corrected chi connectivity index (χ1v) is 6.21. The Morgan fingerprint density at radius 3 is 2.75 bits per heavy atom. The summed E-state index contributed by atoms with van der Waals surface area (Å²) < 4.78 is 4.79. The highest BCUT2D eigenvalue weighted by Gasteiger charge is 2.23. The van der Waals surface area contributed by atoms with Crippen molar-refractivity contribution in [2.45, 2.75) is 13.8 Å². The predicted octanol–water partition coefficient (Wildman–Crippen LogP) is 1.95. The zero-order chi connectivity index (χ0) is 15.0. The van der Waals surface area contributed by atoms with Crippen LogP contribution in [0.1, 0.15) is 19.4 Å². The molecule has 1 amide bonds. The van der Waals surface area contributed by atoms with Crippen LogP contribution in [0.25, 0.3) is 6.08 Å². The molecule has 1 atom stereocenters. The highest BCUT2D eigenvalue weighted by molar-refractivity contribution is 6.05. The largest absolute Gasteiger partial charge is 0.465 e. The Kier molecular flexibility index (Phi) is 6.16. The Bertz CT molecular complexity index is 522. The highest BCUT2D eigenvalue weighted by Crippen LogP contribution is 2.17. The molecule has 0 aliphatic rings. The normalized spacial score (nSPS) is 11.9. The van der Waals surface area contributed by atoms with Gasteiger partial charge >= 0.3 is 5.97 Å². The second kappa shape index (κ2) is 7.89. The van der Waals surface area contributed by atoms with E-state index in [1.54, 1.807) is 37.5 Å². The molecule has 1 rings (SSSR count). The number of ether oxygens (including phenoxy) is 1. The maximum atomic E-state index is 11.9. The third-order valence-corrected chi connectivity index (χ3v) is 2.58. The lowest BCUT2D eigenvalue weighted by Gasteiger charge is -2.12. The van der Waals surface area contributed by atoms with Gasteiger partial charge in [0.25, 0.3) is 0 Å². The number of amides is 1. The minimum atomic E-state index is -0.899. The smallest absolute Gasteiger partial charge is 0.318 e. The van der Waals surface area contributed by atoms with Gasteiger partial charge in [0.1, 0.15) is 5.92 Å². The van der Waals surface area contributed by atoms with Crippen molar-refractivity contribution in [2.75, 3.05) is 11.9 Å². The number of carbonyl (C=O) groups excluding carboxylic acids is 3. The molecular weight excluding hydrogens is 258 g/mol. The van der Waals surface area contributed by atoms with Crippen molar-refractivity contribution >= 4 is 29.9 Å². The van der Waals surface area contributed by atoms with E-state index in [0.717, 1.165) is 0 Å². The van der Waals surface area contributed by atoms with E-state index in [1.807, 2.05) is 0 Å². The fourth-order valence-corrected chi connectivity index (χ4v) is 1.50. The molecule has 1 unspecified atom stereocenters. The topological polar surface area (TPSA) is 72.5 Å². The second-order valence-electron chi connectivity index (χ2n) is 4.00. The van der Waals surface area contributed by atoms with Crippen LogP contribution in [0.4, 0.5) is 5.69 Å². The molecule has 0 heterocycles. The number of allylic oxidation sites excluding steroid dienone is 1. The van der Waals surface area contributed by atoms with Crippen molar-refractivity contribution < 1.29 is 19.1 Å². The minimum Gasteiger partial charge on any atom is -0.465 e. The van der Waals surface area contributed by atoms with Crippen LogP contribution < -0.4 is 5.32 Å². The van der Waals surface area contributed by atoms with Crippen molar-refractivity contribution in [3.63, 3.8) is 0 Å². The maximum Gasteiger partial charge on any atom is 0.318 e. The summed E-state index contributed by atoms with van der Waals surface area (Å²) in [5, 5.41) is 2.64. The Morgan fingerprint density at radius 1 is 1.40 bits per heavy atom. The van der Waals surface area contributed by atoms with Gasteiger partial charge in [-0.3, -0.25) is 14.4 Å². The highest BCUT2D eigenvalue weighted by atomic mass is 16.5. The molecule has 20 heavy (non-hydrogen) atoms. The van der Waals surface area contributed by atoms with E-state index in [0.29, 0.717) is 11.3 Å². The number of esters is 1. The average molecular weight is 274 g/mol. The van der Waals surface area contributed by atoms with E-state index in [2.05, 4.69) is 5.32 Å². The summed E-state index contributed by atoms with van der Waals surface area (Å²) in [5.41, 5.74) is 1.17. The van der Waals surface area contributed by atoms with Crippen molar-refractivity contribution in [1.29, 1.82) is 0 Å². The zero-order valence-corrected chi connectivity index (χ0v) is 11.4. The van der Waals surface area contributed by atoms with Crippen LogP contribution in [0.5, 0.6) is 0 Å². The van der Waals surface area contributed by atoms with Crippen LogP contribution >= 0.6 is 0 Å². The molecule has 5 nitrogen and oxygen atoms in total. The first kappa shape index (κ1) is 15.6. The van der Waals surface area contributed by atoms with Gasteiger partial charge in [0.15, 0.2) is 0 Å². The van der Waals surface area contributed by atoms with E-state index in [-0.39, 0.29) is 6.61 Å². The van der Waals surface area contributed by atoms with E-state index < -0.39 is 17.8 Å². The molecule has 0 saturated carbocycles. The lowest BCUT2D eigenvalue weighted by atomic mass is 10.1. The Balaban J connectivity index is 2.82. The van der Waals surface area contributed by atoms with Crippen molar-refractivity contribution in [3.8, 4) is 0 Å². The summed E-state index contributed by atoms with van der Waals surface area (Å²) in [5.74, 6) is -1.93. The van der Waals surface area contributed by atoms with Crippen LogP contribution in [0.2, 0.25) is 0 Å². The summed E-state index contributed by atoms with van der Waals surface area (Å²) in [4.78, 5) is 33.6. The van der Waals surface area contributed by atoms with Gasteiger partial charge in [0, 0.05) is 5.69 Å². The molecule has 0 aromatic heterocycles. The number of benzene rings is 1. The molecule has 0 aliphatic carbocycles. The van der Waals surface area contributed by atoms with E-state index in [1.165, 1.54) is 19.1 Å². The summed E-state index contributed by atoms with van der Waals surface area (Å²) in [6, 6.07) is 6.93. The molecular formula is C15H16NO4. The Hall–Kier alpha value is -2.43. The minimum absolute atomic E-state index is 0.227. The molecule has 0 bridgehead atoms. The van der Waals surface area contributed by atoms with Crippen LogP contribution in [-0.2, 0) is 19.1 Å². The lowest BCUT2D eigenvalue weighted by molar-refractivity contribution is -0.150. The standard InChI is InChI=1S/C15H16NO4/c1-3-20-15(19)11(2)14(18)16-13-9-5-4-7-12(13)8-6-10-17/h4-9,11H,3H2,1-2H3,(H,16,18)/b8-6+. The van der Waals surface area contributed by atoms with Crippen LogP contribution in [0.15, 0.2) is 30.3 Å². The number of nitrogens with one attached hydrogen (secondary N) is 1. The van der Waals surface area contributed by atoms with Crippen molar-refractivity contribution in [2.24, 2.45) is 5.92 Å². The van der Waals surface area contributed by atoms with Gasteiger partial charge in [-0.25, -0.2) is 0 Å². The number of carbonyl (C=O) groups is 2. The third-order valence-electron chi connectivity index (χ3n) is 2.58. The monoisotopic (exact) mass is 274 g/mol. The van der Waals surface area contributed by atoms with Gasteiger partial charge in [-0.2, -0.15) is 0 Å². The van der Waals surface area contributed by atoms with Gasteiger partial charge in [0.05, 0.1) is 6.61 Å². The number of para-hydroxylation sites is 1. The predicted molar refractivity (Wildman–Crippen MR) is 75.6 cm³/mol. The summed E-state index contributed by atoms with van der Waals surface area (Å²) in [6.45, 7) is 3.38. The van der Waals surface area contributed by atoms with E-state index in [4.69, 9.17) is 4.74 Å². The van der Waals surface area contributed by atoms with E-state index >= 15 is 0 Å². The molecule has 105 valence electrons. The zero-order valence-electron chi connectivity index (χ0n) is 11.4. The maximum absolute atomic E-state index is 11.9. The van der Waals surface area contributed by atoms with Crippen molar-refractivity contribution in [1.82, 2.24) is 0 Å². The molecule has 0 saturated heterocycles. The van der Waals surface area contributed by atoms with Gasteiger partial charge < -0.3 is 10.1 Å². The van der Waals surface area contributed by atoms with Gasteiger partial charge in [-0.15, -0.1) is 0 Å². The SMILES string of the molecule is CCOC(=O)C(C)C(=O)Nc1ccccc1/C=C/[C]=O. The molecule has 1 aromatic rings. The van der Waals surface area contributed by atoms with Gasteiger partial charge in [-0.05, 0) is 37.6 Å². The van der Waals surface area contributed by atoms with Gasteiger partial charge in [0.2, 0.25) is 12.2 Å². The first-order chi connectivity index (χ1) is 9.60.